The number of hydrogen-bond acceptors (Lipinski definition) is 11. The molecule has 2 N–H and O–H groups in total. The number of benzene rings is 4. The van der Waals surface area contributed by atoms with Crippen molar-refractivity contribution in [3.8, 4) is 23.0 Å². The molecule has 0 bridgehead atoms. The Labute approximate surface area is 354 Å². The van der Waals surface area contributed by atoms with Crippen LogP contribution in [-0.4, -0.2) is 66.2 Å². The van der Waals surface area contributed by atoms with E-state index in [1.165, 1.54) is 34.2 Å². The molecule has 1 saturated carbocycles. The molecule has 0 radical (unpaired) electrons. The van der Waals surface area contributed by atoms with Gasteiger partial charge in [0.1, 0.15) is 5.69 Å². The molecule has 3 aliphatic rings. The van der Waals surface area contributed by atoms with Crippen LogP contribution >= 0.6 is 0 Å². The number of fused-ring (bicyclic) bond motifs is 5. The first-order chi connectivity index (χ1) is 29.9. The summed E-state index contributed by atoms with van der Waals surface area (Å²) in [4.78, 5) is 77.5. The van der Waals surface area contributed by atoms with Gasteiger partial charge in [-0.25, -0.2) is 28.5 Å². The Morgan fingerprint density at radius 2 is 1.61 bits per heavy atom. The summed E-state index contributed by atoms with van der Waals surface area (Å²) >= 11 is 0. The SMILES string of the molecule is CCOc1cc([C@H]2C3=CCn4c(=O)n(CCc5nc6cc(OC)c(OC)cc6n(C)c5=O)c(=O)n4[C@@H]3C[C@H]3C(=O)N(Nc4ccc(C)cc4)C(=O)[C@@]23c2ccccc2)ccc1O. The minimum Gasteiger partial charge on any atom is -0.504 e. The normalized spacial score (nSPS) is 20.4. The van der Waals surface area contributed by atoms with Crippen molar-refractivity contribution in [3.63, 3.8) is 0 Å². The number of phenolic OH excluding ortho intramolecular Hbond substituents is 1. The second-order valence-corrected chi connectivity index (χ2v) is 15.8. The van der Waals surface area contributed by atoms with Gasteiger partial charge in [0.05, 0.1) is 61.5 Å². The molecular weight excluding hydrogens is 795 g/mol. The number of allylic oxidation sites excluding steroid dienone is 2. The summed E-state index contributed by atoms with van der Waals surface area (Å²) in [7, 11) is 4.61. The van der Waals surface area contributed by atoms with E-state index in [4.69, 9.17) is 14.2 Å². The summed E-state index contributed by atoms with van der Waals surface area (Å²) in [6, 6.07) is 23.9. The molecule has 2 aliphatic heterocycles. The van der Waals surface area contributed by atoms with Gasteiger partial charge in [-0.3, -0.25) is 19.8 Å². The van der Waals surface area contributed by atoms with Gasteiger partial charge in [-0.2, -0.15) is 5.01 Å². The number of aromatic hydroxyl groups is 1. The highest BCUT2D eigenvalue weighted by atomic mass is 16.5. The average Bonchev–Trinajstić information content (AvgIpc) is 3.65. The van der Waals surface area contributed by atoms with Crippen molar-refractivity contribution >= 4 is 28.5 Å². The molecule has 0 unspecified atom stereocenters. The van der Waals surface area contributed by atoms with Crippen LogP contribution < -0.4 is 36.6 Å². The molecule has 0 spiro atoms. The van der Waals surface area contributed by atoms with Gasteiger partial charge in [0.2, 0.25) is 0 Å². The molecule has 6 aromatic rings. The molecule has 2 amide bonds. The zero-order chi connectivity index (χ0) is 43.6. The smallest absolute Gasteiger partial charge is 0.347 e. The first-order valence-corrected chi connectivity index (χ1v) is 20.4. The van der Waals surface area contributed by atoms with Crippen LogP contribution in [0.1, 0.15) is 47.7 Å². The Kier molecular flexibility index (Phi) is 9.87. The van der Waals surface area contributed by atoms with Crippen LogP contribution in [0.5, 0.6) is 23.0 Å². The third-order valence-corrected chi connectivity index (χ3v) is 12.6. The van der Waals surface area contributed by atoms with Crippen LogP contribution in [0.2, 0.25) is 0 Å². The molecule has 16 heteroatoms. The van der Waals surface area contributed by atoms with E-state index in [0.717, 1.165) is 15.1 Å². The van der Waals surface area contributed by atoms with Crippen molar-refractivity contribution < 1.29 is 28.9 Å². The van der Waals surface area contributed by atoms with Crippen LogP contribution in [0, 0.1) is 12.8 Å². The number of nitrogens with one attached hydrogen (secondary N) is 1. The van der Waals surface area contributed by atoms with Gasteiger partial charge in [0, 0.05) is 38.1 Å². The topological polar surface area (TPSA) is 181 Å². The number of methoxy groups -OCH3 is 2. The van der Waals surface area contributed by atoms with Crippen LogP contribution in [0.4, 0.5) is 5.69 Å². The second-order valence-electron chi connectivity index (χ2n) is 15.8. The Hall–Kier alpha value is -7.36. The molecule has 2 fully saturated rings. The monoisotopic (exact) mass is 839 g/mol. The predicted molar refractivity (Wildman–Crippen MR) is 229 cm³/mol. The van der Waals surface area contributed by atoms with E-state index in [0.29, 0.717) is 44.9 Å². The highest BCUT2D eigenvalue weighted by Gasteiger charge is 2.68. The zero-order valence-electron chi connectivity index (χ0n) is 34.8. The van der Waals surface area contributed by atoms with Crippen molar-refractivity contribution in [2.75, 3.05) is 26.3 Å². The summed E-state index contributed by atoms with van der Waals surface area (Å²) in [5.74, 6) is -1.91. The van der Waals surface area contributed by atoms with Gasteiger partial charge < -0.3 is 23.9 Å². The summed E-state index contributed by atoms with van der Waals surface area (Å²) in [5, 5.41) is 11.9. The van der Waals surface area contributed by atoms with E-state index in [1.807, 2.05) is 55.5 Å². The number of aromatic nitrogens is 5. The number of phenols is 1. The fourth-order valence-electron chi connectivity index (χ4n) is 9.69. The highest BCUT2D eigenvalue weighted by molar-refractivity contribution is 6.12. The first kappa shape index (κ1) is 40.1. The predicted octanol–water partition coefficient (Wildman–Crippen LogP) is 4.35. The number of hydrazine groups is 1. The third-order valence-electron chi connectivity index (χ3n) is 12.6. The van der Waals surface area contributed by atoms with Crippen molar-refractivity contribution in [2.24, 2.45) is 13.0 Å². The summed E-state index contributed by atoms with van der Waals surface area (Å²) in [6.07, 6.45) is 1.83. The Bertz CT molecular complexity index is 3000. The minimum absolute atomic E-state index is 0.00566. The van der Waals surface area contributed by atoms with Crippen molar-refractivity contribution in [3.05, 3.63) is 150 Å². The molecule has 9 rings (SSSR count). The highest BCUT2D eigenvalue weighted by Crippen LogP contribution is 2.62. The maximum absolute atomic E-state index is 15.4. The fraction of sp³-hybridized carbons (Fsp3) is 0.304. The molecule has 4 atom stereocenters. The molecule has 1 aliphatic carbocycles. The van der Waals surface area contributed by atoms with Gasteiger partial charge in [-0.15, -0.1) is 0 Å². The Balaban J connectivity index is 1.17. The van der Waals surface area contributed by atoms with Crippen molar-refractivity contribution in [1.82, 2.24) is 28.5 Å². The van der Waals surface area contributed by atoms with Crippen LogP contribution in [-0.2, 0) is 41.6 Å². The number of aryl methyl sites for hydroxylation is 3. The van der Waals surface area contributed by atoms with Crippen LogP contribution in [0.25, 0.3) is 11.0 Å². The van der Waals surface area contributed by atoms with Gasteiger partial charge in [0.15, 0.2) is 23.0 Å². The molecular formula is C46H45N7O9. The largest absolute Gasteiger partial charge is 0.504 e. The maximum Gasteiger partial charge on any atom is 0.347 e. The number of carbonyl (C=O) groups is 2. The number of ether oxygens (including phenoxy) is 3. The number of hydrogen-bond donors (Lipinski definition) is 2. The molecule has 1 saturated heterocycles. The quantitative estimate of drug-likeness (QED) is 0.140. The Morgan fingerprint density at radius 1 is 0.887 bits per heavy atom. The van der Waals surface area contributed by atoms with Gasteiger partial charge in [0.25, 0.3) is 17.4 Å². The van der Waals surface area contributed by atoms with Gasteiger partial charge in [-0.1, -0.05) is 60.2 Å². The summed E-state index contributed by atoms with van der Waals surface area (Å²) < 4.78 is 22.0. The fourth-order valence-corrected chi connectivity index (χ4v) is 9.69. The zero-order valence-corrected chi connectivity index (χ0v) is 34.8. The molecule has 4 aromatic carbocycles. The molecule has 2 aromatic heterocycles. The van der Waals surface area contributed by atoms with Crippen LogP contribution in [0.15, 0.2) is 111 Å². The molecule has 16 nitrogen and oxygen atoms in total. The number of rotatable bonds is 11. The summed E-state index contributed by atoms with van der Waals surface area (Å²) in [6.45, 7) is 3.82. The van der Waals surface area contributed by atoms with E-state index >= 15 is 4.79 Å². The van der Waals surface area contributed by atoms with Crippen molar-refractivity contribution in [2.45, 2.75) is 57.2 Å². The average molecular weight is 840 g/mol. The lowest BCUT2D eigenvalue weighted by Gasteiger charge is -2.49. The van der Waals surface area contributed by atoms with Crippen LogP contribution in [0.3, 0.4) is 0 Å². The van der Waals surface area contributed by atoms with E-state index in [2.05, 4.69) is 10.4 Å². The lowest BCUT2D eigenvalue weighted by Crippen LogP contribution is -2.53. The van der Waals surface area contributed by atoms with Crippen molar-refractivity contribution in [1.29, 1.82) is 0 Å². The standard InChI is InChI=1S/C46H45N7O9/c1-6-62-37-22-27(14-17-36(37)54)40-30-18-21-51-44(58)50(20-19-32-42(56)49(3)35-25-39(61-5)38(60-4)24-33(35)47-32)45(59)53(51)34(30)23-31-41(55)52(48-29-15-12-26(2)13-16-29)43(57)46(31,40)28-10-8-7-9-11-28/h7-18,22,24-25,31,34,40,48,54H,6,19-21,23H2,1-5H3/t31-,34+,40-,46+/m0/s1. The number of amides is 2. The summed E-state index contributed by atoms with van der Waals surface area (Å²) in [5.41, 5.74) is 4.44. The Morgan fingerprint density at radius 3 is 2.32 bits per heavy atom. The van der Waals surface area contributed by atoms with Gasteiger partial charge >= 0.3 is 11.4 Å². The lowest BCUT2D eigenvalue weighted by atomic mass is 9.53. The first-order valence-electron chi connectivity index (χ1n) is 20.4. The minimum atomic E-state index is -1.53. The second kappa shape index (κ2) is 15.3. The molecule has 62 heavy (non-hydrogen) atoms. The van der Waals surface area contributed by atoms with Gasteiger partial charge in [-0.05, 0) is 61.2 Å². The van der Waals surface area contributed by atoms with E-state index in [1.54, 1.807) is 50.4 Å². The maximum atomic E-state index is 15.4. The number of carbonyl (C=O) groups excluding carboxylic acids is 2. The van der Waals surface area contributed by atoms with E-state index in [-0.39, 0.29) is 49.7 Å². The molecule has 318 valence electrons. The molecule has 4 heterocycles. The third kappa shape index (κ3) is 6.02. The van der Waals surface area contributed by atoms with E-state index < -0.39 is 52.0 Å². The van der Waals surface area contributed by atoms with E-state index in [9.17, 15) is 24.3 Å². The number of anilines is 1. The number of nitrogens with zero attached hydrogens (tertiary/aromatic N) is 6. The lowest BCUT2D eigenvalue weighted by molar-refractivity contribution is -0.138. The number of imide groups is 1.